The molecule has 1 aromatic carbocycles. The van der Waals surface area contributed by atoms with Crippen molar-refractivity contribution in [1.82, 2.24) is 10.2 Å². The maximum atomic E-state index is 5.72. The highest BCUT2D eigenvalue weighted by atomic mass is 16.5. The van der Waals surface area contributed by atoms with Crippen LogP contribution in [0.15, 0.2) is 35.3 Å². The zero-order valence-electron chi connectivity index (χ0n) is 15.2. The fourth-order valence-electron chi connectivity index (χ4n) is 2.46. The number of hydrogen-bond donors (Lipinski definition) is 1. The number of aliphatic imine (C=N–C) groups is 1. The molecular weight excluding hydrogens is 302 g/mol. The van der Waals surface area contributed by atoms with Crippen molar-refractivity contribution in [3.8, 4) is 0 Å². The third kappa shape index (κ3) is 6.49. The molecule has 1 N–H and O–H groups in total. The van der Waals surface area contributed by atoms with Crippen molar-refractivity contribution in [2.75, 3.05) is 47.0 Å². The molecule has 1 saturated carbocycles. The number of ether oxygens (including phenoxy) is 2. The van der Waals surface area contributed by atoms with E-state index in [2.05, 4.69) is 29.3 Å². The molecule has 0 amide bonds. The normalized spacial score (nSPS) is 16.0. The van der Waals surface area contributed by atoms with Gasteiger partial charge in [0.25, 0.3) is 0 Å². The highest BCUT2D eigenvalue weighted by molar-refractivity contribution is 5.79. The molecule has 1 aromatic rings. The van der Waals surface area contributed by atoms with Crippen LogP contribution < -0.4 is 5.32 Å². The summed E-state index contributed by atoms with van der Waals surface area (Å²) in [6, 6.07) is 10.2. The SMILES string of the molecule is CCNC(=NCC(OC)c1ccccc1)N(C)CCOCC1CC1. The molecule has 1 fully saturated rings. The van der Waals surface area contributed by atoms with Crippen LogP contribution in [0.4, 0.5) is 0 Å². The predicted molar refractivity (Wildman–Crippen MR) is 98.3 cm³/mol. The van der Waals surface area contributed by atoms with Gasteiger partial charge in [-0.2, -0.15) is 0 Å². The summed E-state index contributed by atoms with van der Waals surface area (Å²) >= 11 is 0. The van der Waals surface area contributed by atoms with Gasteiger partial charge >= 0.3 is 0 Å². The molecule has 0 heterocycles. The minimum atomic E-state index is -0.0284. The first-order valence-electron chi connectivity index (χ1n) is 8.89. The third-order valence-corrected chi connectivity index (χ3v) is 4.18. The van der Waals surface area contributed by atoms with Crippen LogP contribution in [0.25, 0.3) is 0 Å². The molecule has 1 aliphatic rings. The van der Waals surface area contributed by atoms with E-state index in [0.29, 0.717) is 6.54 Å². The molecule has 0 aliphatic heterocycles. The van der Waals surface area contributed by atoms with Gasteiger partial charge in [-0.1, -0.05) is 30.3 Å². The zero-order valence-corrected chi connectivity index (χ0v) is 15.2. The van der Waals surface area contributed by atoms with Crippen LogP contribution >= 0.6 is 0 Å². The fraction of sp³-hybridized carbons (Fsp3) is 0.632. The Morgan fingerprint density at radius 3 is 2.71 bits per heavy atom. The second-order valence-corrected chi connectivity index (χ2v) is 6.27. The number of nitrogens with zero attached hydrogens (tertiary/aromatic N) is 2. The minimum Gasteiger partial charge on any atom is -0.379 e. The molecule has 2 rings (SSSR count). The Labute approximate surface area is 146 Å². The number of rotatable bonds is 10. The Kier molecular flexibility index (Phi) is 8.05. The molecule has 1 unspecified atom stereocenters. The summed E-state index contributed by atoms with van der Waals surface area (Å²) in [5, 5.41) is 3.34. The highest BCUT2D eigenvalue weighted by Gasteiger charge is 2.21. The summed E-state index contributed by atoms with van der Waals surface area (Å²) in [7, 11) is 3.78. The van der Waals surface area contributed by atoms with Gasteiger partial charge in [0, 0.05) is 33.9 Å². The second kappa shape index (κ2) is 10.3. The molecule has 5 nitrogen and oxygen atoms in total. The van der Waals surface area contributed by atoms with E-state index in [1.54, 1.807) is 7.11 Å². The van der Waals surface area contributed by atoms with Gasteiger partial charge in [-0.3, -0.25) is 4.99 Å². The van der Waals surface area contributed by atoms with E-state index in [9.17, 15) is 0 Å². The van der Waals surface area contributed by atoms with Crippen LogP contribution in [0.2, 0.25) is 0 Å². The lowest BCUT2D eigenvalue weighted by Crippen LogP contribution is -2.41. The Morgan fingerprint density at radius 2 is 2.08 bits per heavy atom. The smallest absolute Gasteiger partial charge is 0.193 e. The number of methoxy groups -OCH3 is 1. The lowest BCUT2D eigenvalue weighted by molar-refractivity contribution is 0.109. The monoisotopic (exact) mass is 333 g/mol. The number of hydrogen-bond acceptors (Lipinski definition) is 3. The van der Waals surface area contributed by atoms with E-state index in [1.165, 1.54) is 12.8 Å². The van der Waals surface area contributed by atoms with Gasteiger partial charge in [0.05, 0.1) is 13.2 Å². The van der Waals surface area contributed by atoms with E-state index < -0.39 is 0 Å². The summed E-state index contributed by atoms with van der Waals surface area (Å²) in [6.07, 6.45) is 2.63. The molecule has 24 heavy (non-hydrogen) atoms. The summed E-state index contributed by atoms with van der Waals surface area (Å²) in [5.74, 6) is 1.70. The van der Waals surface area contributed by atoms with Gasteiger partial charge in [-0.15, -0.1) is 0 Å². The van der Waals surface area contributed by atoms with Crippen molar-refractivity contribution in [2.24, 2.45) is 10.9 Å². The van der Waals surface area contributed by atoms with Crippen molar-refractivity contribution in [3.05, 3.63) is 35.9 Å². The summed E-state index contributed by atoms with van der Waals surface area (Å²) in [5.41, 5.74) is 1.15. The van der Waals surface area contributed by atoms with Gasteiger partial charge in [0.2, 0.25) is 0 Å². The summed E-state index contributed by atoms with van der Waals surface area (Å²) in [4.78, 5) is 6.86. The van der Waals surface area contributed by atoms with Crippen LogP contribution in [0.1, 0.15) is 31.4 Å². The first-order chi connectivity index (χ1) is 11.7. The lowest BCUT2D eigenvalue weighted by atomic mass is 10.1. The Balaban J connectivity index is 1.85. The first-order valence-corrected chi connectivity index (χ1v) is 8.89. The van der Waals surface area contributed by atoms with Crippen LogP contribution in [0.3, 0.4) is 0 Å². The van der Waals surface area contributed by atoms with Gasteiger partial charge in [0.15, 0.2) is 5.96 Å². The number of guanidine groups is 1. The molecule has 0 saturated heterocycles. The third-order valence-electron chi connectivity index (χ3n) is 4.18. The number of nitrogens with one attached hydrogen (secondary N) is 1. The molecule has 0 bridgehead atoms. The van der Waals surface area contributed by atoms with E-state index in [1.807, 2.05) is 25.2 Å². The van der Waals surface area contributed by atoms with Gasteiger partial charge in [0.1, 0.15) is 6.10 Å². The van der Waals surface area contributed by atoms with E-state index in [-0.39, 0.29) is 6.10 Å². The van der Waals surface area contributed by atoms with Gasteiger partial charge in [-0.05, 0) is 31.2 Å². The molecule has 5 heteroatoms. The quantitative estimate of drug-likeness (QED) is 0.406. The van der Waals surface area contributed by atoms with E-state index in [0.717, 1.165) is 43.7 Å². The largest absolute Gasteiger partial charge is 0.379 e. The average Bonchev–Trinajstić information content (AvgIpc) is 3.43. The van der Waals surface area contributed by atoms with E-state index in [4.69, 9.17) is 14.5 Å². The van der Waals surface area contributed by atoms with Gasteiger partial charge < -0.3 is 19.7 Å². The van der Waals surface area contributed by atoms with Crippen LogP contribution in [-0.4, -0.2) is 57.9 Å². The van der Waals surface area contributed by atoms with Crippen molar-refractivity contribution < 1.29 is 9.47 Å². The molecule has 0 radical (unpaired) electrons. The number of likely N-dealkylation sites (N-methyl/N-ethyl adjacent to an activating group) is 1. The Morgan fingerprint density at radius 1 is 1.33 bits per heavy atom. The Bertz CT molecular complexity index is 489. The summed E-state index contributed by atoms with van der Waals surface area (Å²) < 4.78 is 11.3. The van der Waals surface area contributed by atoms with Crippen LogP contribution in [0, 0.1) is 5.92 Å². The van der Waals surface area contributed by atoms with Crippen molar-refractivity contribution in [2.45, 2.75) is 25.9 Å². The maximum Gasteiger partial charge on any atom is 0.193 e. The van der Waals surface area contributed by atoms with Crippen LogP contribution in [-0.2, 0) is 9.47 Å². The van der Waals surface area contributed by atoms with Crippen molar-refractivity contribution in [3.63, 3.8) is 0 Å². The second-order valence-electron chi connectivity index (χ2n) is 6.27. The predicted octanol–water partition coefficient (Wildman–Crippen LogP) is 2.70. The molecule has 0 aromatic heterocycles. The molecular formula is C19H31N3O2. The molecule has 134 valence electrons. The molecule has 1 aliphatic carbocycles. The average molecular weight is 333 g/mol. The van der Waals surface area contributed by atoms with Gasteiger partial charge in [-0.25, -0.2) is 0 Å². The minimum absolute atomic E-state index is 0.0284. The molecule has 0 spiro atoms. The Hall–Kier alpha value is -1.59. The topological polar surface area (TPSA) is 46.1 Å². The van der Waals surface area contributed by atoms with Crippen molar-refractivity contribution in [1.29, 1.82) is 0 Å². The fourth-order valence-corrected chi connectivity index (χ4v) is 2.46. The maximum absolute atomic E-state index is 5.72. The van der Waals surface area contributed by atoms with Crippen LogP contribution in [0.5, 0.6) is 0 Å². The highest BCUT2D eigenvalue weighted by Crippen LogP contribution is 2.28. The standard InChI is InChI=1S/C19H31N3O2/c1-4-20-19(22(2)12-13-24-15-16-10-11-16)21-14-18(23-3)17-8-6-5-7-9-17/h5-9,16,18H,4,10-15H2,1-3H3,(H,20,21). The number of benzene rings is 1. The first kappa shape index (κ1) is 18.7. The summed E-state index contributed by atoms with van der Waals surface area (Å²) in [6.45, 7) is 6.00. The lowest BCUT2D eigenvalue weighted by Gasteiger charge is -2.23. The zero-order chi connectivity index (χ0) is 17.2. The molecule has 1 atom stereocenters. The van der Waals surface area contributed by atoms with Crippen molar-refractivity contribution >= 4 is 5.96 Å². The van der Waals surface area contributed by atoms with E-state index >= 15 is 0 Å².